The van der Waals surface area contributed by atoms with Gasteiger partial charge in [0, 0.05) is 23.0 Å². The second-order valence-corrected chi connectivity index (χ2v) is 17.5. The molecule has 0 atom stereocenters. The Labute approximate surface area is 348 Å². The van der Waals surface area contributed by atoms with Crippen molar-refractivity contribution in [3.63, 3.8) is 0 Å². The molecule has 0 amide bonds. The molecule has 1 heteroatoms. The van der Waals surface area contributed by atoms with E-state index in [-0.39, 0.29) is 13.3 Å². The molecule has 300 valence electrons. The normalized spacial score (nSPS) is 11.4. The standard InChI is InChI=1S/C28H34.C27H33N.CH4/c2*1-19(2)22-7-13-25(14-8-22)28(26-15-9-23(10-16-26)20(3)4)27-17-11-24(12-18-27)21(5)6;/h7-21,28H,1-6H3;7-21H,1-6H3;1H4. The zero-order valence-electron chi connectivity index (χ0n) is 36.3. The number of benzene rings is 6. The maximum Gasteiger partial charge on any atom is 0.0461 e. The van der Waals surface area contributed by atoms with E-state index in [9.17, 15) is 0 Å². The van der Waals surface area contributed by atoms with Crippen LogP contribution in [0.2, 0.25) is 0 Å². The van der Waals surface area contributed by atoms with E-state index in [1.165, 1.54) is 67.1 Å². The van der Waals surface area contributed by atoms with Crippen molar-refractivity contribution in [2.75, 3.05) is 4.90 Å². The molecule has 1 nitrogen and oxygen atoms in total. The van der Waals surface area contributed by atoms with Crippen LogP contribution in [0.3, 0.4) is 0 Å². The summed E-state index contributed by atoms with van der Waals surface area (Å²) < 4.78 is 0. The van der Waals surface area contributed by atoms with Gasteiger partial charge in [0.25, 0.3) is 0 Å². The number of hydrogen-bond acceptors (Lipinski definition) is 1. The molecule has 6 rings (SSSR count). The molecule has 0 bridgehead atoms. The van der Waals surface area contributed by atoms with Gasteiger partial charge in [0.1, 0.15) is 0 Å². The molecule has 0 heterocycles. The molecule has 57 heavy (non-hydrogen) atoms. The third-order valence-electron chi connectivity index (χ3n) is 11.3. The van der Waals surface area contributed by atoms with Crippen molar-refractivity contribution in [2.45, 2.75) is 132 Å². The Bertz CT molecular complexity index is 1640. The van der Waals surface area contributed by atoms with Gasteiger partial charge in [-0.3, -0.25) is 0 Å². The molecule has 0 spiro atoms. The van der Waals surface area contributed by atoms with E-state index in [4.69, 9.17) is 0 Å². The minimum Gasteiger partial charge on any atom is -0.311 e. The van der Waals surface area contributed by atoms with Crippen LogP contribution in [0.4, 0.5) is 17.1 Å². The lowest BCUT2D eigenvalue weighted by Gasteiger charge is -2.26. The smallest absolute Gasteiger partial charge is 0.0461 e. The molecule has 0 aliphatic heterocycles. The molecule has 6 aromatic rings. The molecule has 0 radical (unpaired) electrons. The Morgan fingerprint density at radius 3 is 0.526 bits per heavy atom. The highest BCUT2D eigenvalue weighted by molar-refractivity contribution is 5.76. The predicted molar refractivity (Wildman–Crippen MR) is 253 cm³/mol. The first-order valence-electron chi connectivity index (χ1n) is 21.1. The molecule has 0 saturated carbocycles. The van der Waals surface area contributed by atoms with E-state index in [0.717, 1.165) is 0 Å². The average Bonchev–Trinajstić information content (AvgIpc) is 3.19. The van der Waals surface area contributed by atoms with Crippen LogP contribution in [0.1, 0.15) is 182 Å². The fourth-order valence-electron chi connectivity index (χ4n) is 7.27. The molecule has 0 aliphatic carbocycles. The fourth-order valence-corrected chi connectivity index (χ4v) is 7.27. The fraction of sp³-hybridized carbons (Fsp3) is 0.357. The maximum absolute atomic E-state index is 2.35. The summed E-state index contributed by atoms with van der Waals surface area (Å²) in [6, 6.07) is 54.5. The Hall–Kier alpha value is -4.88. The van der Waals surface area contributed by atoms with Crippen LogP contribution in [-0.2, 0) is 0 Å². The van der Waals surface area contributed by atoms with E-state index in [1.54, 1.807) is 0 Å². The van der Waals surface area contributed by atoms with Crippen molar-refractivity contribution >= 4 is 17.1 Å². The zero-order valence-corrected chi connectivity index (χ0v) is 36.3. The first-order valence-corrected chi connectivity index (χ1v) is 21.1. The van der Waals surface area contributed by atoms with Crippen LogP contribution < -0.4 is 4.90 Å². The van der Waals surface area contributed by atoms with E-state index in [0.29, 0.717) is 35.5 Å². The Balaban J connectivity index is 0.000000248. The Morgan fingerprint density at radius 1 is 0.228 bits per heavy atom. The molecule has 0 fully saturated rings. The lowest BCUT2D eigenvalue weighted by atomic mass is 9.83. The monoisotopic (exact) mass is 758 g/mol. The quantitative estimate of drug-likeness (QED) is 0.112. The van der Waals surface area contributed by atoms with Crippen LogP contribution in [0.15, 0.2) is 146 Å². The highest BCUT2D eigenvalue weighted by Crippen LogP contribution is 2.37. The molecule has 0 N–H and O–H groups in total. The first-order chi connectivity index (χ1) is 26.7. The highest BCUT2D eigenvalue weighted by Gasteiger charge is 2.18. The van der Waals surface area contributed by atoms with E-state index >= 15 is 0 Å². The summed E-state index contributed by atoms with van der Waals surface area (Å²) in [5, 5.41) is 0. The van der Waals surface area contributed by atoms with Gasteiger partial charge in [-0.2, -0.15) is 0 Å². The maximum atomic E-state index is 2.35. The highest BCUT2D eigenvalue weighted by atomic mass is 15.1. The minimum absolute atomic E-state index is 0. The van der Waals surface area contributed by atoms with E-state index < -0.39 is 0 Å². The van der Waals surface area contributed by atoms with Gasteiger partial charge >= 0.3 is 0 Å². The summed E-state index contributed by atoms with van der Waals surface area (Å²) in [6.07, 6.45) is 0. The third-order valence-corrected chi connectivity index (χ3v) is 11.3. The second kappa shape index (κ2) is 20.5. The van der Waals surface area contributed by atoms with Crippen molar-refractivity contribution in [3.8, 4) is 0 Å². The molecular weight excluding hydrogens is 687 g/mol. The van der Waals surface area contributed by atoms with Crippen LogP contribution >= 0.6 is 0 Å². The first kappa shape index (κ1) is 44.8. The summed E-state index contributed by atoms with van der Waals surface area (Å²) in [5.74, 6) is 3.56. The van der Waals surface area contributed by atoms with Crippen molar-refractivity contribution in [1.82, 2.24) is 0 Å². The molecular formula is C56H71N. The van der Waals surface area contributed by atoms with Crippen LogP contribution in [-0.4, -0.2) is 0 Å². The number of nitrogens with zero attached hydrogens (tertiary/aromatic N) is 1. The lowest BCUT2D eigenvalue weighted by Crippen LogP contribution is -2.10. The predicted octanol–water partition coefficient (Wildman–Crippen LogP) is 17.4. The summed E-state index contributed by atoms with van der Waals surface area (Å²) >= 11 is 0. The summed E-state index contributed by atoms with van der Waals surface area (Å²) in [6.45, 7) is 26.9. The second-order valence-electron chi connectivity index (χ2n) is 17.5. The average molecular weight is 758 g/mol. The zero-order chi connectivity index (χ0) is 40.5. The topological polar surface area (TPSA) is 3.24 Å². The molecule has 0 aliphatic rings. The summed E-state index contributed by atoms with van der Waals surface area (Å²) in [4.78, 5) is 2.35. The van der Waals surface area contributed by atoms with Gasteiger partial charge in [-0.1, -0.05) is 200 Å². The molecule has 0 unspecified atom stereocenters. The molecule has 0 saturated heterocycles. The third kappa shape index (κ3) is 11.6. The largest absolute Gasteiger partial charge is 0.311 e. The van der Waals surface area contributed by atoms with E-state index in [2.05, 4.69) is 234 Å². The minimum atomic E-state index is 0. The van der Waals surface area contributed by atoms with E-state index in [1.807, 2.05) is 0 Å². The van der Waals surface area contributed by atoms with Crippen molar-refractivity contribution in [1.29, 1.82) is 0 Å². The van der Waals surface area contributed by atoms with Gasteiger partial charge in [-0.15, -0.1) is 0 Å². The van der Waals surface area contributed by atoms with Gasteiger partial charge < -0.3 is 4.90 Å². The number of anilines is 3. The van der Waals surface area contributed by atoms with Gasteiger partial charge in [0.05, 0.1) is 0 Å². The van der Waals surface area contributed by atoms with Crippen LogP contribution in [0.25, 0.3) is 0 Å². The number of rotatable bonds is 12. The molecule has 6 aromatic carbocycles. The van der Waals surface area contributed by atoms with Crippen molar-refractivity contribution in [2.24, 2.45) is 0 Å². The van der Waals surface area contributed by atoms with Gasteiger partial charge in [0.2, 0.25) is 0 Å². The van der Waals surface area contributed by atoms with Crippen molar-refractivity contribution < 1.29 is 0 Å². The molecule has 0 aromatic heterocycles. The summed E-state index contributed by atoms with van der Waals surface area (Å²) in [7, 11) is 0. The lowest BCUT2D eigenvalue weighted by molar-refractivity contribution is 0.855. The Kier molecular flexibility index (Phi) is 16.1. The van der Waals surface area contributed by atoms with Crippen LogP contribution in [0, 0.1) is 0 Å². The Morgan fingerprint density at radius 2 is 0.368 bits per heavy atom. The van der Waals surface area contributed by atoms with Crippen LogP contribution in [0.5, 0.6) is 0 Å². The van der Waals surface area contributed by atoms with Gasteiger partial charge in [-0.05, 0) is 122 Å². The van der Waals surface area contributed by atoms with Crippen molar-refractivity contribution in [3.05, 3.63) is 196 Å². The number of hydrogen-bond donors (Lipinski definition) is 0. The summed E-state index contributed by atoms with van der Waals surface area (Å²) in [5.41, 5.74) is 16.0. The van der Waals surface area contributed by atoms with Gasteiger partial charge in [0.15, 0.2) is 0 Å². The SMILES string of the molecule is C.CC(C)c1ccc(C(c2ccc(C(C)C)cc2)c2ccc(C(C)C)cc2)cc1.CC(C)c1ccc(N(c2ccc(C(C)C)cc2)c2ccc(C(C)C)cc2)cc1. The van der Waals surface area contributed by atoms with Gasteiger partial charge in [-0.25, -0.2) is 0 Å².